The van der Waals surface area contributed by atoms with E-state index in [1.807, 2.05) is 50.2 Å². The Balaban J connectivity index is 1.17. The van der Waals surface area contributed by atoms with Crippen LogP contribution in [0.1, 0.15) is 60.2 Å². The summed E-state index contributed by atoms with van der Waals surface area (Å²) in [4.78, 5) is 40.2. The van der Waals surface area contributed by atoms with Gasteiger partial charge in [-0.05, 0) is 78.9 Å². The van der Waals surface area contributed by atoms with Crippen molar-refractivity contribution >= 4 is 34.2 Å². The van der Waals surface area contributed by atoms with E-state index in [9.17, 15) is 19.5 Å². The predicted molar refractivity (Wildman–Crippen MR) is 159 cm³/mol. The quantitative estimate of drug-likeness (QED) is 0.212. The summed E-state index contributed by atoms with van der Waals surface area (Å²) in [5, 5.41) is 17.0. The Bertz CT molecular complexity index is 1590. The fourth-order valence-electron chi connectivity index (χ4n) is 4.89. The van der Waals surface area contributed by atoms with Gasteiger partial charge in [-0.25, -0.2) is 9.78 Å². The van der Waals surface area contributed by atoms with Crippen LogP contribution in [0.25, 0.3) is 10.8 Å². The van der Waals surface area contributed by atoms with E-state index in [2.05, 4.69) is 15.6 Å². The van der Waals surface area contributed by atoms with Gasteiger partial charge in [-0.3, -0.25) is 9.59 Å². The van der Waals surface area contributed by atoms with E-state index in [1.54, 1.807) is 24.3 Å². The van der Waals surface area contributed by atoms with Gasteiger partial charge >= 0.3 is 5.97 Å². The van der Waals surface area contributed by atoms with Crippen LogP contribution in [-0.4, -0.2) is 40.0 Å². The van der Waals surface area contributed by atoms with Crippen LogP contribution in [0.2, 0.25) is 0 Å². The maximum absolute atomic E-state index is 12.6. The van der Waals surface area contributed by atoms with Crippen LogP contribution in [0.4, 0.5) is 5.69 Å². The molecule has 1 aliphatic carbocycles. The number of carboxylic acid groups (broad SMARTS) is 1. The molecule has 216 valence electrons. The summed E-state index contributed by atoms with van der Waals surface area (Å²) in [6, 6.07) is 21.2. The molecule has 2 amide bonds. The van der Waals surface area contributed by atoms with Gasteiger partial charge < -0.3 is 25.2 Å². The molecule has 5 rings (SSSR count). The number of nitrogens with one attached hydrogen (secondary N) is 2. The number of carbonyl (C=O) groups excluding carboxylic acids is 2. The maximum Gasteiger partial charge on any atom is 0.337 e. The minimum absolute atomic E-state index is 0.00434. The molecular weight excluding hydrogens is 534 g/mol. The van der Waals surface area contributed by atoms with Gasteiger partial charge in [0.15, 0.2) is 0 Å². The lowest BCUT2D eigenvalue weighted by Gasteiger charge is -2.30. The minimum Gasteiger partial charge on any atom is -0.490 e. The SMILES string of the molecule is CC(C)C(=O)NC1CCC(Oc2ccc3cc(Oc4ccc(C(=O)Nc5ccccc5C(=O)O)cn4)ccc3c2)CC1. The summed E-state index contributed by atoms with van der Waals surface area (Å²) in [5.41, 5.74) is 0.478. The summed E-state index contributed by atoms with van der Waals surface area (Å²) < 4.78 is 12.2. The number of carboxylic acids is 1. The smallest absolute Gasteiger partial charge is 0.337 e. The van der Waals surface area contributed by atoms with E-state index in [0.29, 0.717) is 11.6 Å². The molecule has 1 fully saturated rings. The lowest BCUT2D eigenvalue weighted by Crippen LogP contribution is -2.41. The Hall–Kier alpha value is -4.92. The molecule has 0 bridgehead atoms. The van der Waals surface area contributed by atoms with E-state index in [0.717, 1.165) is 42.2 Å². The van der Waals surface area contributed by atoms with Gasteiger partial charge in [0.25, 0.3) is 5.91 Å². The van der Waals surface area contributed by atoms with E-state index < -0.39 is 11.9 Å². The number of aromatic nitrogens is 1. The third kappa shape index (κ3) is 7.04. The van der Waals surface area contributed by atoms with Crippen LogP contribution in [0.5, 0.6) is 17.4 Å². The highest BCUT2D eigenvalue weighted by molar-refractivity contribution is 6.07. The first-order chi connectivity index (χ1) is 20.2. The monoisotopic (exact) mass is 567 g/mol. The topological polar surface area (TPSA) is 127 Å². The Kier molecular flexibility index (Phi) is 8.66. The average Bonchev–Trinajstić information content (AvgIpc) is 2.98. The first-order valence-electron chi connectivity index (χ1n) is 14.0. The molecule has 1 saturated carbocycles. The molecule has 9 nitrogen and oxygen atoms in total. The summed E-state index contributed by atoms with van der Waals surface area (Å²) >= 11 is 0. The molecule has 0 spiro atoms. The number of ether oxygens (including phenoxy) is 2. The highest BCUT2D eigenvalue weighted by Crippen LogP contribution is 2.30. The van der Waals surface area contributed by atoms with E-state index in [1.165, 1.54) is 18.3 Å². The minimum atomic E-state index is -1.13. The Labute approximate surface area is 243 Å². The highest BCUT2D eigenvalue weighted by atomic mass is 16.5. The lowest BCUT2D eigenvalue weighted by molar-refractivity contribution is -0.125. The second kappa shape index (κ2) is 12.7. The third-order valence-electron chi connectivity index (χ3n) is 7.26. The molecular formula is C33H33N3O6. The molecule has 42 heavy (non-hydrogen) atoms. The van der Waals surface area contributed by atoms with Gasteiger partial charge in [0, 0.05) is 24.2 Å². The zero-order valence-corrected chi connectivity index (χ0v) is 23.5. The number of benzene rings is 3. The van der Waals surface area contributed by atoms with Crippen LogP contribution in [0.3, 0.4) is 0 Å². The van der Waals surface area contributed by atoms with Crippen molar-refractivity contribution in [3.63, 3.8) is 0 Å². The van der Waals surface area contributed by atoms with Gasteiger partial charge in [0.2, 0.25) is 11.8 Å². The molecule has 0 atom stereocenters. The van der Waals surface area contributed by atoms with Crippen LogP contribution >= 0.6 is 0 Å². The fourth-order valence-corrected chi connectivity index (χ4v) is 4.89. The van der Waals surface area contributed by atoms with E-state index in [4.69, 9.17) is 9.47 Å². The molecule has 1 aromatic heterocycles. The number of nitrogens with zero attached hydrogens (tertiary/aromatic N) is 1. The van der Waals surface area contributed by atoms with Crippen LogP contribution in [0, 0.1) is 5.92 Å². The predicted octanol–water partition coefficient (Wildman–Crippen LogP) is 6.44. The molecule has 3 N–H and O–H groups in total. The van der Waals surface area contributed by atoms with Crippen molar-refractivity contribution in [3.8, 4) is 17.4 Å². The molecule has 0 radical (unpaired) electrons. The maximum atomic E-state index is 12.6. The number of fused-ring (bicyclic) bond motifs is 1. The van der Waals surface area contributed by atoms with Crippen LogP contribution in [0.15, 0.2) is 79.0 Å². The molecule has 3 aromatic carbocycles. The Morgan fingerprint density at radius 3 is 2.24 bits per heavy atom. The summed E-state index contributed by atoms with van der Waals surface area (Å²) in [5.74, 6) is 0.225. The number of amides is 2. The molecule has 0 aliphatic heterocycles. The summed E-state index contributed by atoms with van der Waals surface area (Å²) in [6.45, 7) is 3.81. The molecule has 0 unspecified atom stereocenters. The third-order valence-corrected chi connectivity index (χ3v) is 7.26. The second-order valence-electron chi connectivity index (χ2n) is 10.7. The molecule has 1 aliphatic rings. The average molecular weight is 568 g/mol. The number of pyridine rings is 1. The van der Waals surface area contributed by atoms with Gasteiger partial charge in [-0.1, -0.05) is 38.1 Å². The first-order valence-corrected chi connectivity index (χ1v) is 14.0. The number of hydrogen-bond donors (Lipinski definition) is 3. The molecule has 1 heterocycles. The van der Waals surface area contributed by atoms with E-state index in [-0.39, 0.29) is 40.8 Å². The number of para-hydroxylation sites is 1. The van der Waals surface area contributed by atoms with Gasteiger partial charge in [0.05, 0.1) is 22.9 Å². The number of carbonyl (C=O) groups is 3. The fraction of sp³-hybridized carbons (Fsp3) is 0.273. The van der Waals surface area contributed by atoms with Crippen LogP contribution in [-0.2, 0) is 4.79 Å². The number of aromatic carboxylic acids is 1. The molecule has 9 heteroatoms. The second-order valence-corrected chi connectivity index (χ2v) is 10.7. The van der Waals surface area contributed by atoms with Crippen molar-refractivity contribution in [2.45, 2.75) is 51.7 Å². The zero-order chi connectivity index (χ0) is 29.6. The standard InChI is InChI=1S/C33H33N3O6/c1-20(2)31(37)35-24-10-14-25(15-11-24)41-26-12-7-22-18-27(13-8-21(22)17-26)42-30-16-9-23(19-34-30)32(38)36-29-6-4-3-5-28(29)33(39)40/h3-9,12-13,16-20,24-25H,10-11,14-15H2,1-2H3,(H,35,37)(H,36,38)(H,39,40). The Morgan fingerprint density at radius 2 is 1.57 bits per heavy atom. The van der Waals surface area contributed by atoms with Crippen LogP contribution < -0.4 is 20.1 Å². The zero-order valence-electron chi connectivity index (χ0n) is 23.5. The highest BCUT2D eigenvalue weighted by Gasteiger charge is 2.24. The van der Waals surface area contributed by atoms with Gasteiger partial charge in [-0.2, -0.15) is 0 Å². The van der Waals surface area contributed by atoms with Gasteiger partial charge in [-0.15, -0.1) is 0 Å². The summed E-state index contributed by atoms with van der Waals surface area (Å²) in [6.07, 6.45) is 5.13. The molecule has 4 aromatic rings. The largest absolute Gasteiger partial charge is 0.490 e. The van der Waals surface area contributed by atoms with Crippen molar-refractivity contribution in [2.75, 3.05) is 5.32 Å². The van der Waals surface area contributed by atoms with Crippen molar-refractivity contribution in [1.82, 2.24) is 10.3 Å². The first kappa shape index (κ1) is 28.6. The van der Waals surface area contributed by atoms with Crippen molar-refractivity contribution in [2.24, 2.45) is 5.92 Å². The van der Waals surface area contributed by atoms with Gasteiger partial charge in [0.1, 0.15) is 11.5 Å². The van der Waals surface area contributed by atoms with E-state index >= 15 is 0 Å². The lowest BCUT2D eigenvalue weighted by atomic mass is 9.92. The number of rotatable bonds is 9. The molecule has 0 saturated heterocycles. The van der Waals surface area contributed by atoms with Crippen molar-refractivity contribution in [1.29, 1.82) is 0 Å². The van der Waals surface area contributed by atoms with Crippen molar-refractivity contribution < 1.29 is 29.0 Å². The summed E-state index contributed by atoms with van der Waals surface area (Å²) in [7, 11) is 0. The number of anilines is 1. The number of hydrogen-bond acceptors (Lipinski definition) is 6. The Morgan fingerprint density at radius 1 is 0.881 bits per heavy atom. The van der Waals surface area contributed by atoms with Crippen molar-refractivity contribution in [3.05, 3.63) is 90.1 Å². The normalized spacial score (nSPS) is 16.5.